The van der Waals surface area contributed by atoms with Crippen molar-refractivity contribution in [3.8, 4) is 5.75 Å². The van der Waals surface area contributed by atoms with Gasteiger partial charge in [0.1, 0.15) is 10.6 Å². The van der Waals surface area contributed by atoms with Crippen LogP contribution in [0.5, 0.6) is 5.75 Å². The molecule has 0 heterocycles. The summed E-state index contributed by atoms with van der Waals surface area (Å²) < 4.78 is 32.4. The summed E-state index contributed by atoms with van der Waals surface area (Å²) >= 11 is 0. The van der Waals surface area contributed by atoms with Gasteiger partial charge in [-0.05, 0) is 30.7 Å². The molecule has 6 nitrogen and oxygen atoms in total. The Kier molecular flexibility index (Phi) is 6.98. The molecular weight excluding hydrogens is 364 g/mol. The lowest BCUT2D eigenvalue weighted by atomic mass is 10.1. The van der Waals surface area contributed by atoms with Crippen LogP contribution in [0.1, 0.15) is 42.7 Å². The van der Waals surface area contributed by atoms with Crippen molar-refractivity contribution in [1.82, 2.24) is 9.62 Å². The summed E-state index contributed by atoms with van der Waals surface area (Å²) in [5.74, 6) is -0.125. The summed E-state index contributed by atoms with van der Waals surface area (Å²) in [6.07, 6.45) is 0. The van der Waals surface area contributed by atoms with Crippen LogP contribution in [-0.2, 0) is 10.0 Å². The molecule has 0 unspecified atom stereocenters. The lowest BCUT2D eigenvalue weighted by Gasteiger charge is -2.21. The zero-order valence-electron chi connectivity index (χ0n) is 16.1. The van der Waals surface area contributed by atoms with Gasteiger partial charge in [0.15, 0.2) is 0 Å². The third kappa shape index (κ3) is 4.67. The van der Waals surface area contributed by atoms with Gasteiger partial charge in [-0.25, -0.2) is 8.42 Å². The number of benzene rings is 2. The van der Waals surface area contributed by atoms with Crippen molar-refractivity contribution >= 4 is 15.9 Å². The van der Waals surface area contributed by atoms with E-state index >= 15 is 0 Å². The third-order valence-corrected chi connectivity index (χ3v) is 6.47. The van der Waals surface area contributed by atoms with E-state index in [0.717, 1.165) is 5.56 Å². The van der Waals surface area contributed by atoms with E-state index in [2.05, 4.69) is 5.32 Å². The summed E-state index contributed by atoms with van der Waals surface area (Å²) in [5, 5.41) is 2.90. The van der Waals surface area contributed by atoms with E-state index in [0.29, 0.717) is 13.1 Å². The number of sulfonamides is 1. The molecule has 1 atom stereocenters. The number of hydrogen-bond donors (Lipinski definition) is 1. The molecule has 0 aliphatic carbocycles. The Morgan fingerprint density at radius 1 is 1.11 bits per heavy atom. The smallest absolute Gasteiger partial charge is 0.251 e. The fourth-order valence-corrected chi connectivity index (χ4v) is 4.47. The lowest BCUT2D eigenvalue weighted by molar-refractivity contribution is 0.0939. The summed E-state index contributed by atoms with van der Waals surface area (Å²) in [7, 11) is -2.34. The number of nitrogens with zero attached hydrogens (tertiary/aromatic N) is 1. The van der Waals surface area contributed by atoms with E-state index in [9.17, 15) is 13.2 Å². The van der Waals surface area contributed by atoms with Crippen LogP contribution in [0, 0.1) is 0 Å². The molecule has 1 N–H and O–H groups in total. The zero-order chi connectivity index (χ0) is 20.0. The molecule has 0 aliphatic heterocycles. The number of carbonyl (C=O) groups is 1. The predicted octanol–water partition coefficient (Wildman–Crippen LogP) is 3.22. The van der Waals surface area contributed by atoms with Gasteiger partial charge >= 0.3 is 0 Å². The Labute approximate surface area is 161 Å². The van der Waals surface area contributed by atoms with Crippen LogP contribution in [0.2, 0.25) is 0 Å². The van der Waals surface area contributed by atoms with E-state index in [1.165, 1.54) is 23.5 Å². The van der Waals surface area contributed by atoms with Crippen molar-refractivity contribution in [2.24, 2.45) is 0 Å². The van der Waals surface area contributed by atoms with Crippen molar-refractivity contribution in [2.75, 3.05) is 20.2 Å². The monoisotopic (exact) mass is 390 g/mol. The van der Waals surface area contributed by atoms with E-state index in [-0.39, 0.29) is 28.2 Å². The minimum absolute atomic E-state index is 0.00582. The van der Waals surface area contributed by atoms with Gasteiger partial charge in [0.25, 0.3) is 5.91 Å². The number of rotatable bonds is 8. The number of nitrogens with one attached hydrogen (secondary N) is 1. The molecule has 2 aromatic rings. The number of ether oxygens (including phenoxy) is 1. The van der Waals surface area contributed by atoms with E-state index < -0.39 is 10.0 Å². The summed E-state index contributed by atoms with van der Waals surface area (Å²) in [5.41, 5.74) is 1.24. The minimum Gasteiger partial charge on any atom is -0.495 e. The Morgan fingerprint density at radius 2 is 1.74 bits per heavy atom. The van der Waals surface area contributed by atoms with Gasteiger partial charge < -0.3 is 10.1 Å². The molecule has 0 saturated heterocycles. The minimum atomic E-state index is -3.75. The molecular formula is C20H26N2O4S. The summed E-state index contributed by atoms with van der Waals surface area (Å²) in [4.78, 5) is 12.6. The summed E-state index contributed by atoms with van der Waals surface area (Å²) in [6.45, 7) is 6.09. The number of methoxy groups -OCH3 is 1. The molecule has 0 radical (unpaired) electrons. The highest BCUT2D eigenvalue weighted by Crippen LogP contribution is 2.28. The Hall–Kier alpha value is -2.38. The van der Waals surface area contributed by atoms with Crippen LogP contribution in [0.4, 0.5) is 0 Å². The molecule has 7 heteroatoms. The average Bonchev–Trinajstić information content (AvgIpc) is 2.68. The predicted molar refractivity (Wildman–Crippen MR) is 105 cm³/mol. The van der Waals surface area contributed by atoms with Crippen molar-refractivity contribution in [2.45, 2.75) is 31.7 Å². The van der Waals surface area contributed by atoms with Gasteiger partial charge in [-0.3, -0.25) is 4.79 Å². The van der Waals surface area contributed by atoms with Crippen LogP contribution in [0.3, 0.4) is 0 Å². The van der Waals surface area contributed by atoms with Crippen LogP contribution < -0.4 is 10.1 Å². The van der Waals surface area contributed by atoms with Crippen molar-refractivity contribution in [3.05, 3.63) is 59.7 Å². The van der Waals surface area contributed by atoms with E-state index in [4.69, 9.17) is 4.74 Å². The van der Waals surface area contributed by atoms with Crippen molar-refractivity contribution in [1.29, 1.82) is 0 Å². The highest BCUT2D eigenvalue weighted by molar-refractivity contribution is 7.89. The second kappa shape index (κ2) is 9.01. The molecule has 0 spiro atoms. The van der Waals surface area contributed by atoms with Gasteiger partial charge in [0.2, 0.25) is 10.0 Å². The molecule has 1 amide bonds. The second-order valence-electron chi connectivity index (χ2n) is 6.06. The van der Waals surface area contributed by atoms with Crippen molar-refractivity contribution < 1.29 is 17.9 Å². The lowest BCUT2D eigenvalue weighted by Crippen LogP contribution is -2.31. The quantitative estimate of drug-likeness (QED) is 0.751. The molecule has 2 aromatic carbocycles. The van der Waals surface area contributed by atoms with Gasteiger partial charge in [0, 0.05) is 18.7 Å². The average molecular weight is 391 g/mol. The highest BCUT2D eigenvalue weighted by Gasteiger charge is 2.27. The van der Waals surface area contributed by atoms with Gasteiger partial charge in [-0.1, -0.05) is 44.2 Å². The maximum absolute atomic E-state index is 12.9. The fourth-order valence-electron chi connectivity index (χ4n) is 2.83. The van der Waals surface area contributed by atoms with Crippen LogP contribution in [-0.4, -0.2) is 38.8 Å². The Bertz CT molecular complexity index is 878. The van der Waals surface area contributed by atoms with Crippen LogP contribution in [0.15, 0.2) is 53.4 Å². The van der Waals surface area contributed by atoms with Gasteiger partial charge in [-0.2, -0.15) is 4.31 Å². The third-order valence-electron chi connectivity index (χ3n) is 4.40. The number of hydrogen-bond acceptors (Lipinski definition) is 4. The van der Waals surface area contributed by atoms with E-state index in [1.807, 2.05) is 37.3 Å². The molecule has 2 rings (SSSR count). The first-order valence-corrected chi connectivity index (χ1v) is 10.3. The normalized spacial score (nSPS) is 12.6. The van der Waals surface area contributed by atoms with Gasteiger partial charge in [0.05, 0.1) is 13.2 Å². The zero-order valence-corrected chi connectivity index (χ0v) is 16.9. The maximum Gasteiger partial charge on any atom is 0.251 e. The van der Waals surface area contributed by atoms with Crippen LogP contribution >= 0.6 is 0 Å². The molecule has 0 aliphatic rings. The molecule has 0 fully saturated rings. The molecule has 0 saturated carbocycles. The maximum atomic E-state index is 12.9. The second-order valence-corrected chi connectivity index (χ2v) is 7.97. The fraction of sp³-hybridized carbons (Fsp3) is 0.350. The molecule has 27 heavy (non-hydrogen) atoms. The summed E-state index contributed by atoms with van der Waals surface area (Å²) in [6, 6.07) is 13.8. The first kappa shape index (κ1) is 20.9. The first-order valence-electron chi connectivity index (χ1n) is 8.89. The van der Waals surface area contributed by atoms with Crippen LogP contribution in [0.25, 0.3) is 0 Å². The van der Waals surface area contributed by atoms with E-state index in [1.54, 1.807) is 19.9 Å². The SMILES string of the molecule is CCN(CC)S(=O)(=O)c1cc(C(=O)N[C@H](C)c2ccccc2)ccc1OC. The number of carbonyl (C=O) groups excluding carboxylic acids is 1. The molecule has 0 aromatic heterocycles. The highest BCUT2D eigenvalue weighted by atomic mass is 32.2. The standard InChI is InChI=1S/C20H26N2O4S/c1-5-22(6-2)27(24,25)19-14-17(12-13-18(19)26-4)20(23)21-15(3)16-10-8-7-9-11-16/h7-15H,5-6H2,1-4H3,(H,21,23)/t15-/m1/s1. The first-order chi connectivity index (χ1) is 12.8. The van der Waals surface area contributed by atoms with Crippen molar-refractivity contribution in [3.63, 3.8) is 0 Å². The van der Waals surface area contributed by atoms with Gasteiger partial charge in [-0.15, -0.1) is 0 Å². The topological polar surface area (TPSA) is 75.7 Å². The number of amides is 1. The Balaban J connectivity index is 2.35. The Morgan fingerprint density at radius 3 is 2.30 bits per heavy atom. The molecule has 146 valence electrons. The largest absolute Gasteiger partial charge is 0.495 e. The molecule has 0 bridgehead atoms.